The maximum Gasteiger partial charge on any atom is 1.00 e. The van der Waals surface area contributed by atoms with E-state index in [1.807, 2.05) is 0 Å². The fourth-order valence-corrected chi connectivity index (χ4v) is 1.24. The summed E-state index contributed by atoms with van der Waals surface area (Å²) in [5, 5.41) is 19.0. The number of aliphatic hydroxyl groups is 1. The van der Waals surface area contributed by atoms with Gasteiger partial charge in [0.15, 0.2) is 0 Å². The predicted molar refractivity (Wildman–Crippen MR) is 49.0 cm³/mol. The zero-order chi connectivity index (χ0) is 10.1. The number of carbonyl (C=O) groups is 1. The van der Waals surface area contributed by atoms with Crippen molar-refractivity contribution in [1.29, 1.82) is 0 Å². The van der Waals surface area contributed by atoms with Crippen molar-refractivity contribution in [2.45, 2.75) is 58.0 Å². The maximum atomic E-state index is 10.1. The van der Waals surface area contributed by atoms with E-state index in [4.69, 9.17) is 5.11 Å². The van der Waals surface area contributed by atoms with Crippen molar-refractivity contribution >= 4 is 5.97 Å². The summed E-state index contributed by atoms with van der Waals surface area (Å²) in [6.45, 7) is 2.15. The number of hydrogen-bond acceptors (Lipinski definition) is 3. The summed E-state index contributed by atoms with van der Waals surface area (Å²) in [5.74, 6) is -1.35. The van der Waals surface area contributed by atoms with Crippen molar-refractivity contribution in [3.63, 3.8) is 0 Å². The number of carboxylic acid groups (broad SMARTS) is 1. The van der Waals surface area contributed by atoms with E-state index in [-0.39, 0.29) is 29.6 Å². The largest absolute Gasteiger partial charge is 1.00 e. The molecule has 14 heavy (non-hydrogen) atoms. The Labute approximate surface area is 108 Å². The third-order valence-electron chi connectivity index (χ3n) is 2.10. The molecule has 78 valence electrons. The monoisotopic (exact) mass is 210 g/mol. The van der Waals surface area contributed by atoms with Crippen LogP contribution in [0.15, 0.2) is 0 Å². The molecule has 0 aliphatic heterocycles. The number of carbonyl (C=O) groups excluding carboxylic acids is 1. The first-order chi connectivity index (χ1) is 6.18. The van der Waals surface area contributed by atoms with Gasteiger partial charge in [-0.2, -0.15) is 0 Å². The first-order valence-corrected chi connectivity index (χ1v) is 5.07. The van der Waals surface area contributed by atoms with Crippen LogP contribution in [0.1, 0.15) is 51.9 Å². The molecule has 0 unspecified atom stereocenters. The van der Waals surface area contributed by atoms with Gasteiger partial charge in [-0.25, -0.2) is 0 Å². The Morgan fingerprint density at radius 3 is 2.21 bits per heavy atom. The Morgan fingerprint density at radius 2 is 1.71 bits per heavy atom. The maximum absolute atomic E-state index is 10.1. The fourth-order valence-electron chi connectivity index (χ4n) is 1.24. The van der Waals surface area contributed by atoms with Gasteiger partial charge in [-0.3, -0.25) is 0 Å². The van der Waals surface area contributed by atoms with Crippen LogP contribution in [-0.2, 0) is 4.79 Å². The van der Waals surface area contributed by atoms with Gasteiger partial charge in [0.2, 0.25) is 0 Å². The van der Waals surface area contributed by atoms with Gasteiger partial charge in [0.25, 0.3) is 0 Å². The molecule has 0 aliphatic carbocycles. The molecule has 0 saturated heterocycles. The molecule has 0 aliphatic rings. The summed E-state index contributed by atoms with van der Waals surface area (Å²) in [7, 11) is 0. The van der Waals surface area contributed by atoms with Crippen molar-refractivity contribution in [1.82, 2.24) is 0 Å². The van der Waals surface area contributed by atoms with Gasteiger partial charge in [0.05, 0.1) is 12.1 Å². The third-order valence-corrected chi connectivity index (χ3v) is 2.10. The van der Waals surface area contributed by atoms with Crippen LogP contribution >= 0.6 is 0 Å². The average Bonchev–Trinajstić information content (AvgIpc) is 2.10. The van der Waals surface area contributed by atoms with Crippen LogP contribution in [0.5, 0.6) is 0 Å². The van der Waals surface area contributed by atoms with Crippen molar-refractivity contribution in [2.24, 2.45) is 0 Å². The smallest absolute Gasteiger partial charge is 0.547 e. The van der Waals surface area contributed by atoms with Crippen LogP contribution in [0.3, 0.4) is 0 Å². The van der Waals surface area contributed by atoms with Crippen molar-refractivity contribution in [3.05, 3.63) is 0 Å². The van der Waals surface area contributed by atoms with Crippen LogP contribution in [0.2, 0.25) is 0 Å². The molecule has 0 radical (unpaired) electrons. The minimum absolute atomic E-state index is 0. The van der Waals surface area contributed by atoms with Gasteiger partial charge in [-0.1, -0.05) is 45.4 Å². The molecule has 3 nitrogen and oxygen atoms in total. The van der Waals surface area contributed by atoms with E-state index in [0.29, 0.717) is 6.42 Å². The molecule has 0 fully saturated rings. The Balaban J connectivity index is 0. The molecule has 4 heteroatoms. The van der Waals surface area contributed by atoms with E-state index < -0.39 is 12.1 Å². The summed E-state index contributed by atoms with van der Waals surface area (Å²) in [4.78, 5) is 10.1. The number of aliphatic hydroxyl groups excluding tert-OH is 1. The molecule has 1 N–H and O–H groups in total. The first kappa shape index (κ1) is 16.8. The topological polar surface area (TPSA) is 60.4 Å². The Bertz CT molecular complexity index is 139. The van der Waals surface area contributed by atoms with E-state index >= 15 is 0 Å². The standard InChI is InChI=1S/C10H20O3.Na/c1-2-3-4-5-6-7-8-9(11)10(12)13;/h9,11H,2-8H2,1H3,(H,12,13);/q;+1/p-1/t9-;/m1./s1. The quantitative estimate of drug-likeness (QED) is 0.367. The Morgan fingerprint density at radius 1 is 1.21 bits per heavy atom. The summed E-state index contributed by atoms with van der Waals surface area (Å²) >= 11 is 0. The molecule has 0 rings (SSSR count). The van der Waals surface area contributed by atoms with Crippen LogP contribution < -0.4 is 34.7 Å². The van der Waals surface area contributed by atoms with Gasteiger partial charge in [0.1, 0.15) is 0 Å². The SMILES string of the molecule is CCCCCCCC[C@@H](O)C(=O)[O-].[Na+]. The van der Waals surface area contributed by atoms with Gasteiger partial charge >= 0.3 is 29.6 Å². The van der Waals surface area contributed by atoms with Gasteiger partial charge in [-0.05, 0) is 6.42 Å². The molecule has 0 spiro atoms. The second-order valence-corrected chi connectivity index (χ2v) is 3.39. The van der Waals surface area contributed by atoms with E-state index in [1.54, 1.807) is 0 Å². The average molecular weight is 210 g/mol. The third kappa shape index (κ3) is 10.5. The van der Waals surface area contributed by atoms with Gasteiger partial charge in [-0.15, -0.1) is 0 Å². The minimum Gasteiger partial charge on any atom is -0.547 e. The number of rotatable bonds is 8. The predicted octanol–water partition coefficient (Wildman–Crippen LogP) is -2.15. The number of aliphatic carboxylic acids is 1. The Kier molecular flexibility index (Phi) is 13.8. The molecule has 0 aromatic heterocycles. The fraction of sp³-hybridized carbons (Fsp3) is 0.900. The van der Waals surface area contributed by atoms with Crippen LogP contribution in [0, 0.1) is 0 Å². The number of unbranched alkanes of at least 4 members (excludes halogenated alkanes) is 5. The van der Waals surface area contributed by atoms with Crippen molar-refractivity contribution in [3.8, 4) is 0 Å². The minimum atomic E-state index is -1.35. The van der Waals surface area contributed by atoms with E-state index in [2.05, 4.69) is 6.92 Å². The number of carboxylic acids is 1. The molecular formula is C10H19NaO3. The van der Waals surface area contributed by atoms with Gasteiger partial charge < -0.3 is 15.0 Å². The molecule has 0 saturated carbocycles. The van der Waals surface area contributed by atoms with Crippen LogP contribution in [-0.4, -0.2) is 17.2 Å². The van der Waals surface area contributed by atoms with E-state index in [0.717, 1.165) is 19.3 Å². The molecular weight excluding hydrogens is 191 g/mol. The normalized spacial score (nSPS) is 11.9. The molecule has 0 aromatic rings. The van der Waals surface area contributed by atoms with E-state index in [1.165, 1.54) is 19.3 Å². The first-order valence-electron chi connectivity index (χ1n) is 5.07. The van der Waals surface area contributed by atoms with Crippen LogP contribution in [0.4, 0.5) is 0 Å². The second-order valence-electron chi connectivity index (χ2n) is 3.39. The summed E-state index contributed by atoms with van der Waals surface area (Å²) in [5.41, 5.74) is 0. The summed E-state index contributed by atoms with van der Waals surface area (Å²) in [6, 6.07) is 0. The van der Waals surface area contributed by atoms with E-state index in [9.17, 15) is 9.90 Å². The zero-order valence-electron chi connectivity index (χ0n) is 9.29. The van der Waals surface area contributed by atoms with Crippen molar-refractivity contribution < 1.29 is 44.6 Å². The molecule has 0 amide bonds. The van der Waals surface area contributed by atoms with Gasteiger partial charge in [0, 0.05) is 0 Å². The summed E-state index contributed by atoms with van der Waals surface area (Å²) < 4.78 is 0. The van der Waals surface area contributed by atoms with Crippen molar-refractivity contribution in [2.75, 3.05) is 0 Å². The zero-order valence-corrected chi connectivity index (χ0v) is 11.3. The Hall–Kier alpha value is 0.430. The molecule has 0 aromatic carbocycles. The molecule has 0 bridgehead atoms. The number of hydrogen-bond donors (Lipinski definition) is 1. The van der Waals surface area contributed by atoms with Crippen LogP contribution in [0.25, 0.3) is 0 Å². The summed E-state index contributed by atoms with van der Waals surface area (Å²) in [6.07, 6.45) is 5.62. The molecule has 0 heterocycles. The second kappa shape index (κ2) is 11.5. The molecule has 1 atom stereocenters.